The summed E-state index contributed by atoms with van der Waals surface area (Å²) in [5.74, 6) is 0.555. The Morgan fingerprint density at radius 3 is 2.41 bits per heavy atom. The number of nitrogens with one attached hydrogen (secondary N) is 3. The van der Waals surface area contributed by atoms with Crippen molar-refractivity contribution in [2.45, 2.75) is 39.0 Å². The van der Waals surface area contributed by atoms with Crippen LogP contribution in [0.15, 0.2) is 53.5 Å². The van der Waals surface area contributed by atoms with Gasteiger partial charge < -0.3 is 20.9 Å². The molecule has 1 saturated heterocycles. The topological polar surface area (TPSA) is 68.8 Å². The minimum atomic E-state index is -4.34. The molecule has 0 aliphatic carbocycles. The van der Waals surface area contributed by atoms with Gasteiger partial charge in [0.1, 0.15) is 0 Å². The van der Waals surface area contributed by atoms with E-state index in [0.717, 1.165) is 54.9 Å². The number of rotatable bonds is 6. The Morgan fingerprint density at radius 2 is 1.75 bits per heavy atom. The van der Waals surface area contributed by atoms with Crippen LogP contribution in [0.3, 0.4) is 0 Å². The number of halogens is 3. The Labute approximate surface area is 185 Å². The van der Waals surface area contributed by atoms with Crippen LogP contribution in [0.25, 0.3) is 0 Å². The second-order valence-corrected chi connectivity index (χ2v) is 7.57. The fraction of sp³-hybridized carbons (Fsp3) is 0.391. The van der Waals surface area contributed by atoms with Crippen molar-refractivity contribution in [2.75, 3.05) is 25.0 Å². The van der Waals surface area contributed by atoms with Gasteiger partial charge in [-0.25, -0.2) is 9.79 Å². The van der Waals surface area contributed by atoms with E-state index in [9.17, 15) is 18.0 Å². The first-order valence-electron chi connectivity index (χ1n) is 10.7. The van der Waals surface area contributed by atoms with E-state index in [0.29, 0.717) is 25.6 Å². The highest BCUT2D eigenvalue weighted by Gasteiger charge is 2.29. The van der Waals surface area contributed by atoms with Crippen LogP contribution in [0.1, 0.15) is 36.5 Å². The molecule has 0 radical (unpaired) electrons. The molecule has 0 atom stereocenters. The Balaban J connectivity index is 1.58. The normalized spacial score (nSPS) is 14.4. The standard InChI is InChI=1S/C23H28F3N5O/c1-2-27-21(28-15-17-8-10-19(11-9-17)23(24,25)26)29-16-18-6-5-7-20(14-18)30-22(32)31-12-3-4-13-31/h5-11,14H,2-4,12-13,15-16H2,1H3,(H,30,32)(H2,27,28,29). The lowest BCUT2D eigenvalue weighted by atomic mass is 10.1. The molecule has 2 aromatic rings. The van der Waals surface area contributed by atoms with Gasteiger partial charge >= 0.3 is 12.2 Å². The molecule has 0 aromatic heterocycles. The summed E-state index contributed by atoms with van der Waals surface area (Å²) in [6, 6.07) is 12.5. The zero-order chi connectivity index (χ0) is 23.0. The third kappa shape index (κ3) is 6.90. The van der Waals surface area contributed by atoms with E-state index in [-0.39, 0.29) is 6.03 Å². The summed E-state index contributed by atoms with van der Waals surface area (Å²) in [6.45, 7) is 4.87. The molecular weight excluding hydrogens is 419 g/mol. The van der Waals surface area contributed by atoms with E-state index in [4.69, 9.17) is 0 Å². The highest BCUT2D eigenvalue weighted by atomic mass is 19.4. The molecule has 1 aliphatic heterocycles. The third-order valence-electron chi connectivity index (χ3n) is 5.08. The molecule has 0 saturated carbocycles. The Hall–Kier alpha value is -3.23. The van der Waals surface area contributed by atoms with E-state index in [1.54, 1.807) is 4.90 Å². The largest absolute Gasteiger partial charge is 0.416 e. The summed E-state index contributed by atoms with van der Waals surface area (Å²) in [4.78, 5) is 18.6. The van der Waals surface area contributed by atoms with Gasteiger partial charge in [0.15, 0.2) is 5.96 Å². The number of likely N-dealkylation sites (tertiary alicyclic amines) is 1. The lowest BCUT2D eigenvalue weighted by molar-refractivity contribution is -0.137. The number of alkyl halides is 3. The fourth-order valence-electron chi connectivity index (χ4n) is 3.38. The molecule has 32 heavy (non-hydrogen) atoms. The van der Waals surface area contributed by atoms with Crippen molar-refractivity contribution >= 4 is 17.7 Å². The van der Waals surface area contributed by atoms with Gasteiger partial charge in [-0.15, -0.1) is 0 Å². The Kier molecular flexibility index (Phi) is 7.97. The van der Waals surface area contributed by atoms with Crippen molar-refractivity contribution in [2.24, 2.45) is 4.99 Å². The quantitative estimate of drug-likeness (QED) is 0.448. The molecule has 172 valence electrons. The predicted octanol–water partition coefficient (Wildman–Crippen LogP) is 4.59. The number of carbonyl (C=O) groups is 1. The van der Waals surface area contributed by atoms with Crippen molar-refractivity contribution in [3.63, 3.8) is 0 Å². The van der Waals surface area contributed by atoms with Crippen LogP contribution in [-0.2, 0) is 19.3 Å². The maximum absolute atomic E-state index is 12.7. The van der Waals surface area contributed by atoms with Gasteiger partial charge in [0.2, 0.25) is 0 Å². The molecule has 2 aromatic carbocycles. The van der Waals surface area contributed by atoms with Crippen LogP contribution in [0.2, 0.25) is 0 Å². The first kappa shape index (κ1) is 23.4. The molecule has 0 bridgehead atoms. The molecular formula is C23H28F3N5O. The number of nitrogens with zero attached hydrogens (tertiary/aromatic N) is 2. The van der Waals surface area contributed by atoms with E-state index in [1.807, 2.05) is 31.2 Å². The molecule has 3 rings (SSSR count). The van der Waals surface area contributed by atoms with Gasteiger partial charge in [0.05, 0.1) is 12.1 Å². The number of benzene rings is 2. The lowest BCUT2D eigenvalue weighted by Gasteiger charge is -2.16. The third-order valence-corrected chi connectivity index (χ3v) is 5.08. The maximum Gasteiger partial charge on any atom is 0.416 e. The maximum atomic E-state index is 12.7. The van der Waals surface area contributed by atoms with Crippen LogP contribution < -0.4 is 16.0 Å². The van der Waals surface area contributed by atoms with Gasteiger partial charge in [-0.2, -0.15) is 13.2 Å². The molecule has 1 aliphatic rings. The molecule has 1 heterocycles. The van der Waals surface area contributed by atoms with Crippen molar-refractivity contribution in [1.82, 2.24) is 15.5 Å². The number of urea groups is 1. The highest BCUT2D eigenvalue weighted by Crippen LogP contribution is 2.29. The minimum Gasteiger partial charge on any atom is -0.357 e. The highest BCUT2D eigenvalue weighted by molar-refractivity contribution is 5.89. The number of hydrogen-bond acceptors (Lipinski definition) is 2. The van der Waals surface area contributed by atoms with Crippen LogP contribution in [0.5, 0.6) is 0 Å². The minimum absolute atomic E-state index is 0.0882. The van der Waals surface area contributed by atoms with Crippen LogP contribution >= 0.6 is 0 Å². The molecule has 2 amide bonds. The average molecular weight is 448 g/mol. The molecule has 9 heteroatoms. The monoisotopic (exact) mass is 447 g/mol. The number of aliphatic imine (C=N–C) groups is 1. The van der Waals surface area contributed by atoms with Crippen molar-refractivity contribution in [3.05, 3.63) is 65.2 Å². The van der Waals surface area contributed by atoms with Crippen LogP contribution in [0, 0.1) is 0 Å². The summed E-state index contributed by atoms with van der Waals surface area (Å²) < 4.78 is 38.1. The zero-order valence-corrected chi connectivity index (χ0v) is 18.0. The molecule has 6 nitrogen and oxygen atoms in total. The van der Waals surface area contributed by atoms with E-state index in [2.05, 4.69) is 20.9 Å². The van der Waals surface area contributed by atoms with Gasteiger partial charge in [-0.1, -0.05) is 24.3 Å². The van der Waals surface area contributed by atoms with Gasteiger partial charge in [0, 0.05) is 31.9 Å². The second-order valence-electron chi connectivity index (χ2n) is 7.57. The van der Waals surface area contributed by atoms with E-state index >= 15 is 0 Å². The molecule has 0 unspecified atom stereocenters. The summed E-state index contributed by atoms with van der Waals surface area (Å²) in [5, 5.41) is 9.18. The SMILES string of the molecule is CCNC(=NCc1cccc(NC(=O)N2CCCC2)c1)NCc1ccc(C(F)(F)F)cc1. The zero-order valence-electron chi connectivity index (χ0n) is 18.0. The van der Waals surface area contributed by atoms with E-state index in [1.165, 1.54) is 12.1 Å². The molecule has 3 N–H and O–H groups in total. The Bertz CT molecular complexity index is 922. The average Bonchev–Trinajstić information content (AvgIpc) is 3.31. The number of hydrogen-bond donors (Lipinski definition) is 3. The van der Waals surface area contributed by atoms with Gasteiger partial charge in [-0.05, 0) is 55.2 Å². The predicted molar refractivity (Wildman–Crippen MR) is 119 cm³/mol. The summed E-state index contributed by atoms with van der Waals surface area (Å²) >= 11 is 0. The molecule has 1 fully saturated rings. The van der Waals surface area contributed by atoms with Crippen LogP contribution in [-0.4, -0.2) is 36.5 Å². The fourth-order valence-corrected chi connectivity index (χ4v) is 3.38. The first-order valence-corrected chi connectivity index (χ1v) is 10.7. The lowest BCUT2D eigenvalue weighted by Crippen LogP contribution is -2.36. The first-order chi connectivity index (χ1) is 15.3. The summed E-state index contributed by atoms with van der Waals surface area (Å²) in [7, 11) is 0. The Morgan fingerprint density at radius 1 is 1.03 bits per heavy atom. The van der Waals surface area contributed by atoms with Crippen LogP contribution in [0.4, 0.5) is 23.7 Å². The number of guanidine groups is 1. The summed E-state index contributed by atoms with van der Waals surface area (Å²) in [6.07, 6.45) is -2.27. The molecule has 0 spiro atoms. The smallest absolute Gasteiger partial charge is 0.357 e. The van der Waals surface area contributed by atoms with Gasteiger partial charge in [-0.3, -0.25) is 0 Å². The summed E-state index contributed by atoms with van der Waals surface area (Å²) in [5.41, 5.74) is 1.70. The van der Waals surface area contributed by atoms with Crippen molar-refractivity contribution < 1.29 is 18.0 Å². The van der Waals surface area contributed by atoms with Crippen molar-refractivity contribution in [1.29, 1.82) is 0 Å². The van der Waals surface area contributed by atoms with Crippen molar-refractivity contribution in [3.8, 4) is 0 Å². The number of amides is 2. The van der Waals surface area contributed by atoms with Gasteiger partial charge in [0.25, 0.3) is 0 Å². The van der Waals surface area contributed by atoms with E-state index < -0.39 is 11.7 Å². The number of anilines is 1. The second kappa shape index (κ2) is 10.9. The number of carbonyl (C=O) groups excluding carboxylic acids is 1.